The lowest BCUT2D eigenvalue weighted by Gasteiger charge is -2.13. The first-order valence-electron chi connectivity index (χ1n) is 10.4. The van der Waals surface area contributed by atoms with Crippen molar-refractivity contribution in [2.75, 3.05) is 13.1 Å². The molecule has 1 aromatic heterocycles. The van der Waals surface area contributed by atoms with Crippen LogP contribution in [0.1, 0.15) is 52.0 Å². The monoisotopic (exact) mass is 403 g/mol. The number of fused-ring (bicyclic) bond motifs is 2. The topological polar surface area (TPSA) is 82.3 Å². The number of H-pyrrole nitrogens is 1. The lowest BCUT2D eigenvalue weighted by Crippen LogP contribution is -2.31. The van der Waals surface area contributed by atoms with Gasteiger partial charge in [-0.1, -0.05) is 30.3 Å². The first-order chi connectivity index (χ1) is 14.6. The Balaban J connectivity index is 1.13. The third kappa shape index (κ3) is 4.13. The first kappa shape index (κ1) is 19.9. The van der Waals surface area contributed by atoms with E-state index in [-0.39, 0.29) is 17.7 Å². The average Bonchev–Trinajstić information content (AvgIpc) is 3.28. The molecule has 0 aliphatic carbocycles. The van der Waals surface area contributed by atoms with Crippen LogP contribution < -0.4 is 5.32 Å². The number of aromatic amines is 1. The molecule has 4 rings (SSSR count). The molecule has 1 aliphatic heterocycles. The maximum absolute atomic E-state index is 12.3. The van der Waals surface area contributed by atoms with Crippen LogP contribution >= 0.6 is 0 Å². The summed E-state index contributed by atoms with van der Waals surface area (Å²) in [6, 6.07) is 15.1. The Kier molecular flexibility index (Phi) is 5.93. The van der Waals surface area contributed by atoms with Gasteiger partial charge in [-0.2, -0.15) is 0 Å². The van der Waals surface area contributed by atoms with Gasteiger partial charge in [0.2, 0.25) is 5.91 Å². The van der Waals surface area contributed by atoms with Crippen molar-refractivity contribution in [3.05, 3.63) is 71.4 Å². The number of carbonyl (C=O) groups is 3. The molecule has 3 amide bonds. The smallest absolute Gasteiger partial charge is 0.261 e. The molecule has 0 saturated carbocycles. The summed E-state index contributed by atoms with van der Waals surface area (Å²) in [5.74, 6) is -0.413. The van der Waals surface area contributed by atoms with Crippen molar-refractivity contribution in [1.29, 1.82) is 0 Å². The van der Waals surface area contributed by atoms with E-state index in [0.717, 1.165) is 24.8 Å². The predicted octanol–water partition coefficient (Wildman–Crippen LogP) is 3.68. The van der Waals surface area contributed by atoms with Gasteiger partial charge >= 0.3 is 0 Å². The minimum atomic E-state index is -0.225. The van der Waals surface area contributed by atoms with Crippen LogP contribution in [-0.4, -0.2) is 40.7 Å². The number of aromatic nitrogens is 1. The molecule has 2 heterocycles. The van der Waals surface area contributed by atoms with Crippen molar-refractivity contribution in [3.8, 4) is 0 Å². The number of rotatable bonds is 9. The van der Waals surface area contributed by atoms with Crippen molar-refractivity contribution < 1.29 is 14.4 Å². The molecule has 154 valence electrons. The second kappa shape index (κ2) is 8.95. The quantitative estimate of drug-likeness (QED) is 0.422. The fourth-order valence-electron chi connectivity index (χ4n) is 3.93. The zero-order valence-corrected chi connectivity index (χ0v) is 16.8. The van der Waals surface area contributed by atoms with E-state index in [4.69, 9.17) is 0 Å². The standard InChI is InChI=1S/C24H25N3O3/c28-22(13-7-8-17-16-26-21-12-4-3-9-18(17)21)25-14-5-6-15-27-23(29)19-10-1-2-11-20(19)24(27)30/h1-4,9-12,16,26H,5-8,13-15H2,(H,25,28). The molecule has 0 saturated heterocycles. The molecular formula is C24H25N3O3. The van der Waals surface area contributed by atoms with Crippen LogP contribution in [-0.2, 0) is 11.2 Å². The minimum Gasteiger partial charge on any atom is -0.361 e. The van der Waals surface area contributed by atoms with Gasteiger partial charge in [-0.3, -0.25) is 19.3 Å². The molecule has 0 spiro atoms. The van der Waals surface area contributed by atoms with Crippen LogP contribution in [0, 0.1) is 0 Å². The summed E-state index contributed by atoms with van der Waals surface area (Å²) < 4.78 is 0. The highest BCUT2D eigenvalue weighted by Crippen LogP contribution is 2.22. The van der Waals surface area contributed by atoms with Gasteiger partial charge < -0.3 is 10.3 Å². The van der Waals surface area contributed by atoms with Gasteiger partial charge in [0, 0.05) is 36.6 Å². The number of imide groups is 1. The zero-order chi connectivity index (χ0) is 20.9. The van der Waals surface area contributed by atoms with Crippen molar-refractivity contribution in [2.45, 2.75) is 32.1 Å². The normalized spacial score (nSPS) is 13.1. The summed E-state index contributed by atoms with van der Waals surface area (Å²) in [7, 11) is 0. The summed E-state index contributed by atoms with van der Waals surface area (Å²) in [6.07, 6.45) is 5.54. The number of hydrogen-bond acceptors (Lipinski definition) is 3. The molecular weight excluding hydrogens is 378 g/mol. The Bertz CT molecular complexity index is 1050. The summed E-state index contributed by atoms with van der Waals surface area (Å²) in [4.78, 5) is 41.2. The molecule has 3 aromatic rings. The molecule has 1 aliphatic rings. The number of aryl methyl sites for hydroxylation is 1. The third-order valence-electron chi connectivity index (χ3n) is 5.53. The van der Waals surface area contributed by atoms with Crippen LogP contribution in [0.25, 0.3) is 10.9 Å². The van der Waals surface area contributed by atoms with Gasteiger partial charge in [0.25, 0.3) is 11.8 Å². The number of amides is 3. The molecule has 2 N–H and O–H groups in total. The molecule has 2 aromatic carbocycles. The Labute approximate surface area is 175 Å². The first-order valence-corrected chi connectivity index (χ1v) is 10.4. The second-order valence-electron chi connectivity index (χ2n) is 7.58. The molecule has 6 nitrogen and oxygen atoms in total. The summed E-state index contributed by atoms with van der Waals surface area (Å²) in [5, 5.41) is 4.14. The second-order valence-corrected chi connectivity index (χ2v) is 7.58. The number of benzene rings is 2. The van der Waals surface area contributed by atoms with Gasteiger partial charge in [0.05, 0.1) is 11.1 Å². The van der Waals surface area contributed by atoms with Crippen molar-refractivity contribution in [2.24, 2.45) is 0 Å². The minimum absolute atomic E-state index is 0.0376. The Hall–Kier alpha value is -3.41. The van der Waals surface area contributed by atoms with Crippen LogP contribution in [0.4, 0.5) is 0 Å². The Morgan fingerprint density at radius 1 is 0.900 bits per heavy atom. The van der Waals surface area contributed by atoms with Gasteiger partial charge in [0.1, 0.15) is 0 Å². The van der Waals surface area contributed by atoms with Crippen molar-refractivity contribution in [3.63, 3.8) is 0 Å². The molecule has 0 radical (unpaired) electrons. The summed E-state index contributed by atoms with van der Waals surface area (Å²) >= 11 is 0. The van der Waals surface area contributed by atoms with Gasteiger partial charge in [-0.25, -0.2) is 0 Å². The van der Waals surface area contributed by atoms with Crippen LogP contribution in [0.2, 0.25) is 0 Å². The molecule has 0 unspecified atom stereocenters. The number of nitrogens with one attached hydrogen (secondary N) is 2. The highest BCUT2D eigenvalue weighted by Gasteiger charge is 2.34. The van der Waals surface area contributed by atoms with Crippen LogP contribution in [0.3, 0.4) is 0 Å². The van der Waals surface area contributed by atoms with Gasteiger partial charge in [0.15, 0.2) is 0 Å². The summed E-state index contributed by atoms with van der Waals surface area (Å²) in [5.41, 5.74) is 3.31. The zero-order valence-electron chi connectivity index (χ0n) is 16.8. The van der Waals surface area contributed by atoms with E-state index < -0.39 is 0 Å². The van der Waals surface area contributed by atoms with Crippen LogP contribution in [0.15, 0.2) is 54.7 Å². The number of hydrogen-bond donors (Lipinski definition) is 2. The third-order valence-corrected chi connectivity index (χ3v) is 5.53. The SMILES string of the molecule is O=C(CCCc1c[nH]c2ccccc12)NCCCCN1C(=O)c2ccccc2C1=O. The van der Waals surface area contributed by atoms with E-state index in [0.29, 0.717) is 37.1 Å². The Morgan fingerprint density at radius 3 is 2.37 bits per heavy atom. The number of carbonyl (C=O) groups excluding carboxylic acids is 3. The fourth-order valence-corrected chi connectivity index (χ4v) is 3.93. The lowest BCUT2D eigenvalue weighted by molar-refractivity contribution is -0.121. The maximum atomic E-state index is 12.3. The number of para-hydroxylation sites is 1. The van der Waals surface area contributed by atoms with Crippen molar-refractivity contribution in [1.82, 2.24) is 15.2 Å². The van der Waals surface area contributed by atoms with Gasteiger partial charge in [-0.15, -0.1) is 0 Å². The van der Waals surface area contributed by atoms with E-state index in [2.05, 4.69) is 16.4 Å². The highest BCUT2D eigenvalue weighted by atomic mass is 16.2. The van der Waals surface area contributed by atoms with Gasteiger partial charge in [-0.05, 0) is 49.4 Å². The maximum Gasteiger partial charge on any atom is 0.261 e. The largest absolute Gasteiger partial charge is 0.361 e. The van der Waals surface area contributed by atoms with E-state index in [1.165, 1.54) is 15.8 Å². The van der Waals surface area contributed by atoms with E-state index in [1.54, 1.807) is 24.3 Å². The van der Waals surface area contributed by atoms with Crippen LogP contribution in [0.5, 0.6) is 0 Å². The van der Waals surface area contributed by atoms with E-state index >= 15 is 0 Å². The molecule has 0 bridgehead atoms. The average molecular weight is 403 g/mol. The highest BCUT2D eigenvalue weighted by molar-refractivity contribution is 6.21. The fraction of sp³-hybridized carbons (Fsp3) is 0.292. The summed E-state index contributed by atoms with van der Waals surface area (Å²) in [6.45, 7) is 0.928. The van der Waals surface area contributed by atoms with Crippen molar-refractivity contribution >= 4 is 28.6 Å². The molecule has 6 heteroatoms. The lowest BCUT2D eigenvalue weighted by atomic mass is 10.1. The number of unbranched alkanes of at least 4 members (excludes halogenated alkanes) is 1. The number of nitrogens with zero attached hydrogens (tertiary/aromatic N) is 1. The van der Waals surface area contributed by atoms with E-state index in [9.17, 15) is 14.4 Å². The Morgan fingerprint density at radius 2 is 1.60 bits per heavy atom. The molecule has 0 atom stereocenters. The molecule has 0 fully saturated rings. The predicted molar refractivity (Wildman–Crippen MR) is 115 cm³/mol. The molecule has 30 heavy (non-hydrogen) atoms. The van der Waals surface area contributed by atoms with E-state index in [1.807, 2.05) is 24.4 Å².